The van der Waals surface area contributed by atoms with E-state index in [1.807, 2.05) is 48.5 Å². The van der Waals surface area contributed by atoms with Crippen LogP contribution in [0.25, 0.3) is 0 Å². The molecule has 0 heterocycles. The molecule has 0 aliphatic heterocycles. The van der Waals surface area contributed by atoms with E-state index in [-0.39, 0.29) is 12.5 Å². The van der Waals surface area contributed by atoms with Crippen LogP contribution in [0.4, 0.5) is 11.4 Å². The third kappa shape index (κ3) is 7.61. The lowest BCUT2D eigenvalue weighted by atomic mass is 10.2. The normalized spacial score (nSPS) is 10.3. The van der Waals surface area contributed by atoms with Crippen molar-refractivity contribution in [3.63, 3.8) is 0 Å². The molecule has 0 fully saturated rings. The molecule has 0 saturated heterocycles. The molecule has 0 aliphatic rings. The van der Waals surface area contributed by atoms with Crippen molar-refractivity contribution in [1.29, 1.82) is 0 Å². The Morgan fingerprint density at radius 2 is 1.64 bits per heavy atom. The number of carbonyl (C=O) groups is 1. The Morgan fingerprint density at radius 3 is 2.32 bits per heavy atom. The highest BCUT2D eigenvalue weighted by Crippen LogP contribution is 2.17. The topological polar surface area (TPSA) is 50.4 Å². The largest absolute Gasteiger partial charge is 0.494 e. The van der Waals surface area contributed by atoms with E-state index in [9.17, 15) is 4.79 Å². The van der Waals surface area contributed by atoms with Crippen molar-refractivity contribution in [2.45, 2.75) is 32.6 Å². The lowest BCUT2D eigenvalue weighted by Gasteiger charge is -2.09. The van der Waals surface area contributed by atoms with Crippen LogP contribution < -0.4 is 15.4 Å². The average molecular weight is 405 g/mol. The number of anilines is 2. The van der Waals surface area contributed by atoms with Gasteiger partial charge in [0.05, 0.1) is 13.2 Å². The highest BCUT2D eigenvalue weighted by Gasteiger charge is 2.03. The number of ether oxygens (including phenoxy) is 1. The molecule has 0 atom stereocenters. The van der Waals surface area contributed by atoms with Gasteiger partial charge in [0.25, 0.3) is 0 Å². The average Bonchev–Trinajstić information content (AvgIpc) is 2.63. The molecule has 134 valence electrons. The molecule has 0 spiro atoms. The molecule has 2 aromatic carbocycles. The molecule has 4 nitrogen and oxygen atoms in total. The fraction of sp³-hybridized carbons (Fsp3) is 0.350. The van der Waals surface area contributed by atoms with Gasteiger partial charge in [0.15, 0.2) is 0 Å². The Balaban J connectivity index is 1.69. The molecule has 25 heavy (non-hydrogen) atoms. The SMILES string of the molecule is CCCCCCOc1ccc(NCC(=O)Nc2ccc(Br)cc2)cc1. The monoisotopic (exact) mass is 404 g/mol. The molecule has 2 aromatic rings. The summed E-state index contributed by atoms with van der Waals surface area (Å²) in [6.07, 6.45) is 4.79. The quantitative estimate of drug-likeness (QED) is 0.516. The molecule has 2 rings (SSSR count). The van der Waals surface area contributed by atoms with Crippen molar-refractivity contribution >= 4 is 33.2 Å². The van der Waals surface area contributed by atoms with Crippen LogP contribution in [-0.4, -0.2) is 19.1 Å². The predicted molar refractivity (Wildman–Crippen MR) is 107 cm³/mol. The van der Waals surface area contributed by atoms with Crippen molar-refractivity contribution in [2.24, 2.45) is 0 Å². The number of hydrogen-bond donors (Lipinski definition) is 2. The second-order valence-corrected chi connectivity index (χ2v) is 6.76. The van der Waals surface area contributed by atoms with E-state index in [4.69, 9.17) is 4.74 Å². The molecular weight excluding hydrogens is 380 g/mol. The summed E-state index contributed by atoms with van der Waals surface area (Å²) in [5.41, 5.74) is 1.67. The van der Waals surface area contributed by atoms with Crippen LogP contribution in [0.5, 0.6) is 5.75 Å². The molecule has 1 amide bonds. The van der Waals surface area contributed by atoms with Gasteiger partial charge in [0.1, 0.15) is 5.75 Å². The van der Waals surface area contributed by atoms with Crippen molar-refractivity contribution in [3.8, 4) is 5.75 Å². The van der Waals surface area contributed by atoms with Gasteiger partial charge in [-0.15, -0.1) is 0 Å². The summed E-state index contributed by atoms with van der Waals surface area (Å²) >= 11 is 3.37. The van der Waals surface area contributed by atoms with Crippen LogP contribution in [0.3, 0.4) is 0 Å². The Kier molecular flexibility index (Phi) is 8.32. The number of carbonyl (C=O) groups excluding carboxylic acids is 1. The molecular formula is C20H25BrN2O2. The number of benzene rings is 2. The van der Waals surface area contributed by atoms with Crippen LogP contribution >= 0.6 is 15.9 Å². The summed E-state index contributed by atoms with van der Waals surface area (Å²) in [7, 11) is 0. The van der Waals surface area contributed by atoms with Crippen molar-refractivity contribution in [1.82, 2.24) is 0 Å². The zero-order valence-corrected chi connectivity index (χ0v) is 16.1. The number of amides is 1. The van der Waals surface area contributed by atoms with Crippen molar-refractivity contribution in [3.05, 3.63) is 53.0 Å². The first kappa shape index (κ1) is 19.3. The Morgan fingerprint density at radius 1 is 0.960 bits per heavy atom. The number of unbranched alkanes of at least 4 members (excludes halogenated alkanes) is 3. The molecule has 0 bridgehead atoms. The van der Waals surface area contributed by atoms with Crippen LogP contribution in [0.15, 0.2) is 53.0 Å². The van der Waals surface area contributed by atoms with Gasteiger partial charge in [0, 0.05) is 15.8 Å². The highest BCUT2D eigenvalue weighted by molar-refractivity contribution is 9.10. The lowest BCUT2D eigenvalue weighted by molar-refractivity contribution is -0.114. The van der Waals surface area contributed by atoms with E-state index < -0.39 is 0 Å². The lowest BCUT2D eigenvalue weighted by Crippen LogP contribution is -2.21. The van der Waals surface area contributed by atoms with Gasteiger partial charge in [-0.25, -0.2) is 0 Å². The van der Waals surface area contributed by atoms with Crippen LogP contribution in [0.1, 0.15) is 32.6 Å². The summed E-state index contributed by atoms with van der Waals surface area (Å²) in [5.74, 6) is 0.778. The molecule has 0 unspecified atom stereocenters. The maximum Gasteiger partial charge on any atom is 0.243 e. The second kappa shape index (κ2) is 10.8. The van der Waals surface area contributed by atoms with E-state index in [1.54, 1.807) is 0 Å². The molecule has 0 saturated carbocycles. The van der Waals surface area contributed by atoms with Gasteiger partial charge in [-0.3, -0.25) is 4.79 Å². The first-order valence-corrected chi connectivity index (χ1v) is 9.49. The third-order valence-electron chi connectivity index (χ3n) is 3.70. The van der Waals surface area contributed by atoms with Crippen LogP contribution in [0.2, 0.25) is 0 Å². The van der Waals surface area contributed by atoms with Crippen LogP contribution in [0, 0.1) is 0 Å². The number of rotatable bonds is 10. The van der Waals surface area contributed by atoms with Crippen molar-refractivity contribution < 1.29 is 9.53 Å². The summed E-state index contributed by atoms with van der Waals surface area (Å²) in [6, 6.07) is 15.2. The van der Waals surface area contributed by atoms with Gasteiger partial charge in [-0.2, -0.15) is 0 Å². The molecule has 0 radical (unpaired) electrons. The van der Waals surface area contributed by atoms with Crippen molar-refractivity contribution in [2.75, 3.05) is 23.8 Å². The van der Waals surface area contributed by atoms with Gasteiger partial charge in [0.2, 0.25) is 5.91 Å². The smallest absolute Gasteiger partial charge is 0.243 e. The minimum absolute atomic E-state index is 0.0847. The van der Waals surface area contributed by atoms with Gasteiger partial charge in [-0.1, -0.05) is 42.1 Å². The summed E-state index contributed by atoms with van der Waals surface area (Å²) in [5, 5.41) is 5.96. The van der Waals surface area contributed by atoms with Crippen LogP contribution in [-0.2, 0) is 4.79 Å². The Bertz CT molecular complexity index is 642. The molecule has 5 heteroatoms. The summed E-state index contributed by atoms with van der Waals surface area (Å²) in [6.45, 7) is 3.17. The third-order valence-corrected chi connectivity index (χ3v) is 4.23. The maximum atomic E-state index is 12.0. The predicted octanol–water partition coefficient (Wildman–Crippen LogP) is 5.46. The van der Waals surface area contributed by atoms with E-state index in [0.29, 0.717) is 0 Å². The minimum Gasteiger partial charge on any atom is -0.494 e. The van der Waals surface area contributed by atoms with E-state index in [1.165, 1.54) is 19.3 Å². The van der Waals surface area contributed by atoms with E-state index in [2.05, 4.69) is 33.5 Å². The fourth-order valence-electron chi connectivity index (χ4n) is 2.31. The first-order valence-electron chi connectivity index (χ1n) is 8.69. The molecule has 0 aromatic heterocycles. The Labute approximate surface area is 158 Å². The standard InChI is InChI=1S/C20H25BrN2O2/c1-2-3-4-5-14-25-19-12-10-17(11-13-19)22-15-20(24)23-18-8-6-16(21)7-9-18/h6-13,22H,2-5,14-15H2,1H3,(H,23,24). The first-order chi connectivity index (χ1) is 12.2. The van der Waals surface area contributed by atoms with E-state index >= 15 is 0 Å². The molecule has 2 N–H and O–H groups in total. The van der Waals surface area contributed by atoms with Gasteiger partial charge >= 0.3 is 0 Å². The molecule has 0 aliphatic carbocycles. The maximum absolute atomic E-state index is 12.0. The Hall–Kier alpha value is -2.01. The highest BCUT2D eigenvalue weighted by atomic mass is 79.9. The zero-order chi connectivity index (χ0) is 17.9. The number of hydrogen-bond acceptors (Lipinski definition) is 3. The van der Waals surface area contributed by atoms with E-state index in [0.717, 1.165) is 34.6 Å². The van der Waals surface area contributed by atoms with Gasteiger partial charge in [-0.05, 0) is 55.0 Å². The summed E-state index contributed by atoms with van der Waals surface area (Å²) < 4.78 is 6.69. The second-order valence-electron chi connectivity index (χ2n) is 5.84. The van der Waals surface area contributed by atoms with Gasteiger partial charge < -0.3 is 15.4 Å². The number of nitrogens with one attached hydrogen (secondary N) is 2. The number of halogens is 1. The zero-order valence-electron chi connectivity index (χ0n) is 14.6. The summed E-state index contributed by atoms with van der Waals surface area (Å²) in [4.78, 5) is 12.0. The fourth-order valence-corrected chi connectivity index (χ4v) is 2.57. The minimum atomic E-state index is -0.0847.